The molecule has 1 aliphatic rings. The minimum Gasteiger partial charge on any atom is -0.316 e. The van der Waals surface area contributed by atoms with Gasteiger partial charge < -0.3 is 5.32 Å². The van der Waals surface area contributed by atoms with Gasteiger partial charge in [-0.3, -0.25) is 0 Å². The van der Waals surface area contributed by atoms with Crippen molar-refractivity contribution >= 4 is 0 Å². The third-order valence-corrected chi connectivity index (χ3v) is 3.07. The molecule has 0 aromatic carbocycles. The Morgan fingerprint density at radius 1 is 1.27 bits per heavy atom. The average Bonchev–Trinajstić information content (AvgIpc) is 2.29. The predicted octanol–water partition coefficient (Wildman–Crippen LogP) is 3.68. The Bertz CT molecular complexity index is 184. The normalized spacial score (nSPS) is 20.4. The monoisotopic (exact) mass is 207 g/mol. The molecule has 0 spiro atoms. The second-order valence-corrected chi connectivity index (χ2v) is 4.49. The van der Waals surface area contributed by atoms with E-state index in [1.165, 1.54) is 58.0 Å². The van der Waals surface area contributed by atoms with E-state index in [2.05, 4.69) is 24.0 Å². The fraction of sp³-hybridized carbons (Fsp3) is 0.714. The molecule has 86 valence electrons. The van der Waals surface area contributed by atoms with Gasteiger partial charge in [-0.25, -0.2) is 0 Å². The second-order valence-electron chi connectivity index (χ2n) is 4.49. The molecule has 0 heterocycles. The zero-order valence-electron chi connectivity index (χ0n) is 9.88. The minimum absolute atomic E-state index is 0.892. The Morgan fingerprint density at radius 3 is 2.93 bits per heavy atom. The number of hydrogen-bond acceptors (Lipinski definition) is 1. The Balaban J connectivity index is 1.84. The van der Waals surface area contributed by atoms with Gasteiger partial charge in [-0.05, 0) is 57.5 Å². The molecule has 0 amide bonds. The number of allylic oxidation sites excluding steroid dienone is 3. The molecule has 1 rings (SSSR count). The molecule has 1 nitrogen and oxygen atoms in total. The van der Waals surface area contributed by atoms with Gasteiger partial charge in [0.1, 0.15) is 0 Å². The highest BCUT2D eigenvalue weighted by Crippen LogP contribution is 2.16. The highest BCUT2D eigenvalue weighted by Gasteiger charge is 2.08. The first kappa shape index (κ1) is 12.5. The molecule has 15 heavy (non-hydrogen) atoms. The van der Waals surface area contributed by atoms with E-state index in [0.717, 1.165) is 5.92 Å². The van der Waals surface area contributed by atoms with Crippen LogP contribution < -0.4 is 5.32 Å². The fourth-order valence-corrected chi connectivity index (χ4v) is 2.06. The lowest BCUT2D eigenvalue weighted by Gasteiger charge is -2.18. The standard InChI is InChI=1S/C14H25N/c1-2-3-4-5-9-12-15-13-14-10-7-6-8-11-14/h2,6-7,14-15H,1,3-5,8-13H2. The van der Waals surface area contributed by atoms with Crippen LogP contribution in [0, 0.1) is 5.92 Å². The molecule has 0 aliphatic heterocycles. The van der Waals surface area contributed by atoms with Gasteiger partial charge in [0.25, 0.3) is 0 Å². The number of rotatable bonds is 8. The molecule has 1 heteroatoms. The Hall–Kier alpha value is -0.560. The van der Waals surface area contributed by atoms with Gasteiger partial charge in [-0.1, -0.05) is 24.6 Å². The summed E-state index contributed by atoms with van der Waals surface area (Å²) >= 11 is 0. The molecule has 0 saturated carbocycles. The van der Waals surface area contributed by atoms with Crippen molar-refractivity contribution in [2.75, 3.05) is 13.1 Å². The van der Waals surface area contributed by atoms with Crippen LogP contribution in [0.5, 0.6) is 0 Å². The van der Waals surface area contributed by atoms with Crippen LogP contribution >= 0.6 is 0 Å². The minimum atomic E-state index is 0.892. The van der Waals surface area contributed by atoms with Gasteiger partial charge in [0.05, 0.1) is 0 Å². The molecule has 0 saturated heterocycles. The van der Waals surface area contributed by atoms with Crippen molar-refractivity contribution in [3.8, 4) is 0 Å². The topological polar surface area (TPSA) is 12.0 Å². The van der Waals surface area contributed by atoms with Gasteiger partial charge in [-0.2, -0.15) is 0 Å². The van der Waals surface area contributed by atoms with Gasteiger partial charge in [-0.15, -0.1) is 6.58 Å². The first-order valence-electron chi connectivity index (χ1n) is 6.40. The van der Waals surface area contributed by atoms with Crippen molar-refractivity contribution in [3.63, 3.8) is 0 Å². The maximum absolute atomic E-state index is 3.73. The van der Waals surface area contributed by atoms with Crippen LogP contribution in [0.2, 0.25) is 0 Å². The number of hydrogen-bond donors (Lipinski definition) is 1. The average molecular weight is 207 g/mol. The summed E-state index contributed by atoms with van der Waals surface area (Å²) in [5, 5.41) is 3.57. The van der Waals surface area contributed by atoms with E-state index < -0.39 is 0 Å². The largest absolute Gasteiger partial charge is 0.316 e. The van der Waals surface area contributed by atoms with Gasteiger partial charge in [0.15, 0.2) is 0 Å². The van der Waals surface area contributed by atoms with Crippen LogP contribution in [0.25, 0.3) is 0 Å². The summed E-state index contributed by atoms with van der Waals surface area (Å²) in [4.78, 5) is 0. The van der Waals surface area contributed by atoms with Crippen LogP contribution in [0.4, 0.5) is 0 Å². The summed E-state index contributed by atoms with van der Waals surface area (Å²) in [7, 11) is 0. The van der Waals surface area contributed by atoms with E-state index in [1.807, 2.05) is 6.08 Å². The first-order valence-corrected chi connectivity index (χ1v) is 6.40. The van der Waals surface area contributed by atoms with E-state index in [4.69, 9.17) is 0 Å². The Morgan fingerprint density at radius 2 is 2.20 bits per heavy atom. The van der Waals surface area contributed by atoms with Crippen molar-refractivity contribution in [1.82, 2.24) is 5.32 Å². The van der Waals surface area contributed by atoms with E-state index >= 15 is 0 Å². The summed E-state index contributed by atoms with van der Waals surface area (Å²) in [6, 6.07) is 0. The van der Waals surface area contributed by atoms with E-state index in [-0.39, 0.29) is 0 Å². The third kappa shape index (κ3) is 6.51. The highest BCUT2D eigenvalue weighted by atomic mass is 14.8. The van der Waals surface area contributed by atoms with Crippen molar-refractivity contribution in [3.05, 3.63) is 24.8 Å². The van der Waals surface area contributed by atoms with Gasteiger partial charge in [0, 0.05) is 0 Å². The van der Waals surface area contributed by atoms with E-state index in [0.29, 0.717) is 0 Å². The van der Waals surface area contributed by atoms with Crippen LogP contribution in [0.1, 0.15) is 44.9 Å². The van der Waals surface area contributed by atoms with Crippen molar-refractivity contribution < 1.29 is 0 Å². The fourth-order valence-electron chi connectivity index (χ4n) is 2.06. The van der Waals surface area contributed by atoms with Gasteiger partial charge in [0.2, 0.25) is 0 Å². The maximum atomic E-state index is 3.73. The Kier molecular flexibility index (Phi) is 7.28. The van der Waals surface area contributed by atoms with Crippen molar-refractivity contribution in [2.45, 2.75) is 44.9 Å². The quantitative estimate of drug-likeness (QED) is 0.473. The lowest BCUT2D eigenvalue weighted by Crippen LogP contribution is -2.24. The predicted molar refractivity (Wildman–Crippen MR) is 68.0 cm³/mol. The Labute approximate surface area is 94.6 Å². The lowest BCUT2D eigenvalue weighted by atomic mass is 9.94. The molecule has 0 bridgehead atoms. The van der Waals surface area contributed by atoms with Crippen molar-refractivity contribution in [2.24, 2.45) is 5.92 Å². The SMILES string of the molecule is C=CCCCCCNCC1CC=CCC1. The molecule has 0 fully saturated rings. The lowest BCUT2D eigenvalue weighted by molar-refractivity contribution is 0.436. The number of unbranched alkanes of at least 4 members (excludes halogenated alkanes) is 3. The molecule has 1 aliphatic carbocycles. The summed E-state index contributed by atoms with van der Waals surface area (Å²) in [6.07, 6.45) is 15.7. The molecule has 1 atom stereocenters. The van der Waals surface area contributed by atoms with Crippen LogP contribution in [0.3, 0.4) is 0 Å². The number of nitrogens with one attached hydrogen (secondary N) is 1. The van der Waals surface area contributed by atoms with Crippen LogP contribution in [0.15, 0.2) is 24.8 Å². The maximum Gasteiger partial charge on any atom is -0.00174 e. The molecular weight excluding hydrogens is 182 g/mol. The summed E-state index contributed by atoms with van der Waals surface area (Å²) in [5.74, 6) is 0.892. The smallest absolute Gasteiger partial charge is 0.00174 e. The molecule has 0 radical (unpaired) electrons. The third-order valence-electron chi connectivity index (χ3n) is 3.07. The zero-order chi connectivity index (χ0) is 10.8. The molecular formula is C14H25N. The summed E-state index contributed by atoms with van der Waals surface area (Å²) < 4.78 is 0. The summed E-state index contributed by atoms with van der Waals surface area (Å²) in [6.45, 7) is 6.14. The molecule has 0 aromatic rings. The first-order chi connectivity index (χ1) is 7.43. The molecule has 1 unspecified atom stereocenters. The zero-order valence-corrected chi connectivity index (χ0v) is 9.88. The van der Waals surface area contributed by atoms with E-state index in [1.54, 1.807) is 0 Å². The van der Waals surface area contributed by atoms with Crippen LogP contribution in [-0.2, 0) is 0 Å². The molecule has 0 aromatic heterocycles. The van der Waals surface area contributed by atoms with E-state index in [9.17, 15) is 0 Å². The molecule has 1 N–H and O–H groups in total. The van der Waals surface area contributed by atoms with Crippen molar-refractivity contribution in [1.29, 1.82) is 0 Å². The second kappa shape index (κ2) is 8.72. The van der Waals surface area contributed by atoms with Gasteiger partial charge >= 0.3 is 0 Å². The highest BCUT2D eigenvalue weighted by molar-refractivity contribution is 4.90. The van der Waals surface area contributed by atoms with Crippen LogP contribution in [-0.4, -0.2) is 13.1 Å². The summed E-state index contributed by atoms with van der Waals surface area (Å²) in [5.41, 5.74) is 0.